The zero-order valence-corrected chi connectivity index (χ0v) is 4.70. The van der Waals surface area contributed by atoms with Crippen LogP contribution in [0.4, 0.5) is 0 Å². The molecule has 0 atom stereocenters. The lowest BCUT2D eigenvalue weighted by atomic mass is 10.4. The largest absolute Gasteiger partial charge is 0.149 e. The molecule has 0 unspecified atom stereocenters. The van der Waals surface area contributed by atoms with Gasteiger partial charge in [0.15, 0.2) is 0 Å². The minimum atomic E-state index is -0.694. The van der Waals surface area contributed by atoms with Gasteiger partial charge in [0.1, 0.15) is 4.87 Å². The Balaban J connectivity index is 3.45. The molecule has 0 radical (unpaired) electrons. The summed E-state index contributed by atoms with van der Waals surface area (Å²) in [7, 11) is 0. The van der Waals surface area contributed by atoms with Gasteiger partial charge in [-0.3, -0.25) is 0 Å². The molecule has 0 aromatic rings. The number of thiol groups is 1. The zero-order valence-electron chi connectivity index (χ0n) is 3.80. The number of rotatable bonds is 1. The topological polar surface area (TPSA) is 29.4 Å². The first kappa shape index (κ1) is 5.95. The molecule has 0 aromatic heterocycles. The predicted octanol–water partition coefficient (Wildman–Crippen LogP) is 1.42. The molecule has 3 heteroatoms. The van der Waals surface area contributed by atoms with Gasteiger partial charge in [0.05, 0.1) is 0 Å². The van der Waals surface area contributed by atoms with Crippen LogP contribution in [0.2, 0.25) is 0 Å². The van der Waals surface area contributed by atoms with E-state index in [1.165, 1.54) is 0 Å². The maximum absolute atomic E-state index is 9.50. The molecule has 0 aliphatic rings. The van der Waals surface area contributed by atoms with Gasteiger partial charge in [-0.25, -0.2) is 0 Å². The molecule has 6 heavy (non-hydrogen) atoms. The van der Waals surface area contributed by atoms with Crippen molar-refractivity contribution in [3.63, 3.8) is 0 Å². The van der Waals surface area contributed by atoms with Gasteiger partial charge in [-0.2, -0.15) is 0 Å². The maximum Gasteiger partial charge on any atom is 0.139 e. The molecule has 0 aliphatic carbocycles. The normalized spacial score (nSPS) is 11.2. The minimum absolute atomic E-state index is 0.694. The van der Waals surface area contributed by atoms with Crippen molar-refractivity contribution in [2.45, 2.75) is 18.7 Å². The van der Waals surface area contributed by atoms with E-state index < -0.39 is 4.87 Å². The molecule has 36 valence electrons. The summed E-state index contributed by atoms with van der Waals surface area (Å²) in [4.78, 5) is 8.81. The van der Waals surface area contributed by atoms with Crippen molar-refractivity contribution < 1.29 is 0 Å². The van der Waals surface area contributed by atoms with Gasteiger partial charge in [0.2, 0.25) is 0 Å². The smallest absolute Gasteiger partial charge is 0.139 e. The summed E-state index contributed by atoms with van der Waals surface area (Å²) in [5.41, 5.74) is 0. The van der Waals surface area contributed by atoms with Crippen LogP contribution in [-0.4, -0.2) is 4.87 Å². The summed E-state index contributed by atoms with van der Waals surface area (Å²) >= 11 is 3.78. The summed E-state index contributed by atoms with van der Waals surface area (Å²) in [6.07, 6.45) is 0. The van der Waals surface area contributed by atoms with Crippen LogP contribution in [0.15, 0.2) is 5.18 Å². The second-order valence-corrected chi connectivity index (χ2v) is 2.68. The van der Waals surface area contributed by atoms with Crippen LogP contribution in [0.25, 0.3) is 0 Å². The highest BCUT2D eigenvalue weighted by Crippen LogP contribution is 2.10. The van der Waals surface area contributed by atoms with Gasteiger partial charge < -0.3 is 0 Å². The van der Waals surface area contributed by atoms with Crippen molar-refractivity contribution in [3.05, 3.63) is 4.91 Å². The molecule has 0 saturated heterocycles. The predicted molar refractivity (Wildman–Crippen MR) is 28.9 cm³/mol. The summed E-state index contributed by atoms with van der Waals surface area (Å²) in [5, 5.41) is 2.64. The average Bonchev–Trinajstić information content (AvgIpc) is 1.35. The Morgan fingerprint density at radius 3 is 1.83 bits per heavy atom. The highest BCUT2D eigenvalue weighted by molar-refractivity contribution is 7.81. The number of nitrogens with zero attached hydrogens (tertiary/aromatic N) is 1. The molecule has 0 bridgehead atoms. The van der Waals surface area contributed by atoms with E-state index in [2.05, 4.69) is 17.8 Å². The molecule has 0 amide bonds. The van der Waals surface area contributed by atoms with Gasteiger partial charge >= 0.3 is 0 Å². The van der Waals surface area contributed by atoms with Crippen LogP contribution < -0.4 is 0 Å². The minimum Gasteiger partial charge on any atom is -0.149 e. The first-order valence-corrected chi connectivity index (χ1v) is 2.08. The first-order chi connectivity index (χ1) is 2.56. The van der Waals surface area contributed by atoms with E-state index in [0.717, 1.165) is 0 Å². The Morgan fingerprint density at radius 1 is 1.67 bits per heavy atom. The van der Waals surface area contributed by atoms with Crippen LogP contribution >= 0.6 is 12.6 Å². The number of hydrogen-bond donors (Lipinski definition) is 1. The number of hydrogen-bond acceptors (Lipinski definition) is 3. The van der Waals surface area contributed by atoms with Crippen LogP contribution in [0.3, 0.4) is 0 Å². The van der Waals surface area contributed by atoms with E-state index in [4.69, 9.17) is 0 Å². The van der Waals surface area contributed by atoms with Gasteiger partial charge in [0.25, 0.3) is 0 Å². The van der Waals surface area contributed by atoms with Gasteiger partial charge in [-0.15, -0.1) is 17.5 Å². The molecule has 2 nitrogen and oxygen atoms in total. The van der Waals surface area contributed by atoms with Crippen molar-refractivity contribution in [3.8, 4) is 0 Å². The Bertz CT molecular complexity index is 56.3. The van der Waals surface area contributed by atoms with Gasteiger partial charge in [-0.05, 0) is 13.8 Å². The second-order valence-electron chi connectivity index (χ2n) is 1.59. The van der Waals surface area contributed by atoms with E-state index in [1.54, 1.807) is 13.8 Å². The molecular weight excluding hydrogens is 98.1 g/mol. The molecule has 0 saturated carbocycles. The fraction of sp³-hybridized carbons (Fsp3) is 1.00. The van der Waals surface area contributed by atoms with Crippen LogP contribution in [-0.2, 0) is 0 Å². The average molecular weight is 105 g/mol. The Hall–Kier alpha value is -0.0500. The molecular formula is C3H7NOS. The lowest BCUT2D eigenvalue weighted by Crippen LogP contribution is -2.02. The SMILES string of the molecule is CC(C)(S)N=O. The molecule has 0 heterocycles. The third kappa shape index (κ3) is 3.95. The standard InChI is InChI=1S/C3H7NOS/c1-3(2,6)4-5/h6H,1-2H3. The van der Waals surface area contributed by atoms with Crippen LogP contribution in [0.1, 0.15) is 13.8 Å². The molecule has 0 aliphatic heterocycles. The van der Waals surface area contributed by atoms with Crippen molar-refractivity contribution in [2.24, 2.45) is 5.18 Å². The Morgan fingerprint density at radius 2 is 1.83 bits per heavy atom. The summed E-state index contributed by atoms with van der Waals surface area (Å²) in [5.74, 6) is 0. The Labute approximate surface area is 42.3 Å². The Kier molecular flexibility index (Phi) is 1.59. The van der Waals surface area contributed by atoms with Crippen LogP contribution in [0.5, 0.6) is 0 Å². The van der Waals surface area contributed by atoms with Gasteiger partial charge in [0, 0.05) is 0 Å². The fourth-order valence-electron chi connectivity index (χ4n) is 0. The van der Waals surface area contributed by atoms with E-state index in [1.807, 2.05) is 0 Å². The molecule has 0 fully saturated rings. The fourth-order valence-corrected chi connectivity index (χ4v) is 0. The molecule has 0 spiro atoms. The summed E-state index contributed by atoms with van der Waals surface area (Å²) in [6, 6.07) is 0. The van der Waals surface area contributed by atoms with E-state index in [9.17, 15) is 4.91 Å². The van der Waals surface area contributed by atoms with Crippen molar-refractivity contribution in [1.29, 1.82) is 0 Å². The lowest BCUT2D eigenvalue weighted by molar-refractivity contribution is 0.761. The first-order valence-electron chi connectivity index (χ1n) is 1.63. The number of nitroso groups, excluding NO2 is 1. The van der Waals surface area contributed by atoms with E-state index in [-0.39, 0.29) is 0 Å². The zero-order chi connectivity index (χ0) is 5.21. The van der Waals surface area contributed by atoms with Crippen molar-refractivity contribution in [2.75, 3.05) is 0 Å². The van der Waals surface area contributed by atoms with Gasteiger partial charge in [-0.1, -0.05) is 5.18 Å². The molecule has 0 aromatic carbocycles. The highest BCUT2D eigenvalue weighted by atomic mass is 32.1. The summed E-state index contributed by atoms with van der Waals surface area (Å²) < 4.78 is 0. The highest BCUT2D eigenvalue weighted by Gasteiger charge is 2.07. The third-order valence-electron chi connectivity index (χ3n) is 0.223. The maximum atomic E-state index is 9.50. The van der Waals surface area contributed by atoms with E-state index >= 15 is 0 Å². The van der Waals surface area contributed by atoms with Crippen molar-refractivity contribution in [1.82, 2.24) is 0 Å². The molecule has 0 rings (SSSR count). The van der Waals surface area contributed by atoms with Crippen molar-refractivity contribution >= 4 is 12.6 Å². The third-order valence-corrected chi connectivity index (χ3v) is 0.305. The van der Waals surface area contributed by atoms with E-state index in [0.29, 0.717) is 0 Å². The summed E-state index contributed by atoms with van der Waals surface area (Å²) in [6.45, 7) is 3.26. The quantitative estimate of drug-likeness (QED) is 0.396. The monoisotopic (exact) mass is 105 g/mol. The molecule has 0 N–H and O–H groups in total. The van der Waals surface area contributed by atoms with Crippen LogP contribution in [0, 0.1) is 4.91 Å². The lowest BCUT2D eigenvalue weighted by Gasteiger charge is -2.00. The second kappa shape index (κ2) is 1.60.